The van der Waals surface area contributed by atoms with Gasteiger partial charge in [-0.2, -0.15) is 0 Å². The Labute approximate surface area is 135 Å². The molecule has 0 spiro atoms. The third-order valence-corrected chi connectivity index (χ3v) is 3.06. The molecule has 5 heteroatoms. The van der Waals surface area contributed by atoms with Gasteiger partial charge in [-0.25, -0.2) is 0 Å². The monoisotopic (exact) mass is 312 g/mol. The second-order valence-electron chi connectivity index (χ2n) is 5.39. The van der Waals surface area contributed by atoms with E-state index in [1.165, 1.54) is 6.92 Å². The minimum Gasteiger partial charge on any atom is -0.482 e. The number of ether oxygens (including phenoxy) is 1. The molecule has 2 aromatic rings. The molecule has 2 rings (SSSR count). The average molecular weight is 312 g/mol. The molecule has 2 amide bonds. The Morgan fingerprint density at radius 2 is 1.65 bits per heavy atom. The molecular formula is C18H20N2O3. The van der Waals surface area contributed by atoms with Gasteiger partial charge in [-0.15, -0.1) is 0 Å². The number of carbonyl (C=O) groups is 2. The maximum atomic E-state index is 12.0. The first-order valence-electron chi connectivity index (χ1n) is 7.31. The van der Waals surface area contributed by atoms with Gasteiger partial charge in [-0.3, -0.25) is 9.59 Å². The second-order valence-corrected chi connectivity index (χ2v) is 5.39. The summed E-state index contributed by atoms with van der Waals surface area (Å²) in [5, 5.41) is 5.47. The van der Waals surface area contributed by atoms with Gasteiger partial charge in [0.15, 0.2) is 6.61 Å². The highest BCUT2D eigenvalue weighted by molar-refractivity contribution is 5.93. The molecule has 0 unspecified atom stereocenters. The molecule has 5 nitrogen and oxygen atoms in total. The third kappa shape index (κ3) is 5.14. The summed E-state index contributed by atoms with van der Waals surface area (Å²) < 4.78 is 5.51. The van der Waals surface area contributed by atoms with Gasteiger partial charge in [-0.1, -0.05) is 18.2 Å². The van der Waals surface area contributed by atoms with Crippen molar-refractivity contribution in [1.29, 1.82) is 0 Å². The van der Waals surface area contributed by atoms with Gasteiger partial charge >= 0.3 is 0 Å². The van der Waals surface area contributed by atoms with Crippen molar-refractivity contribution in [3.63, 3.8) is 0 Å². The van der Waals surface area contributed by atoms with Crippen molar-refractivity contribution in [3.05, 3.63) is 53.6 Å². The lowest BCUT2D eigenvalue weighted by atomic mass is 10.1. The summed E-state index contributed by atoms with van der Waals surface area (Å²) in [6.45, 7) is 5.23. The van der Waals surface area contributed by atoms with Crippen LogP contribution in [0.2, 0.25) is 0 Å². The zero-order valence-corrected chi connectivity index (χ0v) is 13.5. The molecule has 2 aromatic carbocycles. The van der Waals surface area contributed by atoms with Gasteiger partial charge in [0.2, 0.25) is 5.91 Å². The van der Waals surface area contributed by atoms with E-state index in [0.717, 1.165) is 16.8 Å². The third-order valence-electron chi connectivity index (χ3n) is 3.06. The molecule has 0 fully saturated rings. The highest BCUT2D eigenvalue weighted by Gasteiger charge is 2.08. The first kappa shape index (κ1) is 16.5. The van der Waals surface area contributed by atoms with Crippen LogP contribution in [0.3, 0.4) is 0 Å². The van der Waals surface area contributed by atoms with Crippen molar-refractivity contribution in [3.8, 4) is 5.75 Å². The number of hydrogen-bond acceptors (Lipinski definition) is 3. The summed E-state index contributed by atoms with van der Waals surface area (Å²) in [5.41, 5.74) is 3.44. The van der Waals surface area contributed by atoms with Crippen molar-refractivity contribution < 1.29 is 14.3 Å². The molecule has 0 aromatic heterocycles. The fraction of sp³-hybridized carbons (Fsp3) is 0.222. The predicted octanol–water partition coefficient (Wildman–Crippen LogP) is 3.28. The van der Waals surface area contributed by atoms with E-state index >= 15 is 0 Å². The Morgan fingerprint density at radius 1 is 1.00 bits per heavy atom. The van der Waals surface area contributed by atoms with Gasteiger partial charge in [0.05, 0.1) is 5.69 Å². The van der Waals surface area contributed by atoms with E-state index < -0.39 is 0 Å². The quantitative estimate of drug-likeness (QED) is 0.890. The average Bonchev–Trinajstić information content (AvgIpc) is 2.44. The van der Waals surface area contributed by atoms with E-state index in [-0.39, 0.29) is 18.4 Å². The summed E-state index contributed by atoms with van der Waals surface area (Å²) in [6, 6.07) is 12.8. The number of aryl methyl sites for hydroxylation is 2. The van der Waals surface area contributed by atoms with E-state index in [2.05, 4.69) is 10.6 Å². The highest BCUT2D eigenvalue weighted by atomic mass is 16.5. The van der Waals surface area contributed by atoms with Crippen LogP contribution in [-0.4, -0.2) is 18.4 Å². The number of carbonyl (C=O) groups excluding carboxylic acids is 2. The van der Waals surface area contributed by atoms with E-state index in [4.69, 9.17) is 4.74 Å². The lowest BCUT2D eigenvalue weighted by molar-refractivity contribution is -0.118. The number of rotatable bonds is 5. The predicted molar refractivity (Wildman–Crippen MR) is 90.8 cm³/mol. The molecule has 120 valence electrons. The first-order valence-corrected chi connectivity index (χ1v) is 7.31. The topological polar surface area (TPSA) is 67.4 Å². The number of amides is 2. The molecule has 0 saturated heterocycles. The zero-order chi connectivity index (χ0) is 16.8. The first-order chi connectivity index (χ1) is 10.9. The Hall–Kier alpha value is -2.82. The van der Waals surface area contributed by atoms with Crippen LogP contribution in [0.25, 0.3) is 0 Å². The van der Waals surface area contributed by atoms with Crippen molar-refractivity contribution in [2.45, 2.75) is 20.8 Å². The summed E-state index contributed by atoms with van der Waals surface area (Å²) in [4.78, 5) is 23.2. The van der Waals surface area contributed by atoms with Crippen molar-refractivity contribution in [2.24, 2.45) is 0 Å². The zero-order valence-electron chi connectivity index (χ0n) is 13.5. The molecular weight excluding hydrogens is 292 g/mol. The fourth-order valence-corrected chi connectivity index (χ4v) is 2.27. The smallest absolute Gasteiger partial charge is 0.262 e. The van der Waals surface area contributed by atoms with Crippen LogP contribution in [0.5, 0.6) is 5.75 Å². The molecule has 0 saturated carbocycles. The summed E-state index contributed by atoms with van der Waals surface area (Å²) >= 11 is 0. The van der Waals surface area contributed by atoms with Gasteiger partial charge < -0.3 is 15.4 Å². The number of benzene rings is 2. The van der Waals surface area contributed by atoms with Gasteiger partial charge in [0.1, 0.15) is 5.75 Å². The van der Waals surface area contributed by atoms with Crippen LogP contribution in [0.4, 0.5) is 11.4 Å². The number of hydrogen-bond donors (Lipinski definition) is 2. The Morgan fingerprint density at radius 3 is 2.30 bits per heavy atom. The molecule has 0 aliphatic heterocycles. The van der Waals surface area contributed by atoms with Crippen molar-refractivity contribution >= 4 is 23.2 Å². The maximum Gasteiger partial charge on any atom is 0.262 e. The molecule has 2 N–H and O–H groups in total. The lowest BCUT2D eigenvalue weighted by Gasteiger charge is -2.12. The molecule has 0 atom stereocenters. The molecule has 0 aliphatic carbocycles. The van der Waals surface area contributed by atoms with Crippen LogP contribution in [-0.2, 0) is 9.59 Å². The number of anilines is 2. The minimum absolute atomic E-state index is 0.135. The largest absolute Gasteiger partial charge is 0.482 e. The molecule has 0 radical (unpaired) electrons. The lowest BCUT2D eigenvalue weighted by Crippen LogP contribution is -2.20. The molecule has 0 aliphatic rings. The van der Waals surface area contributed by atoms with Crippen LogP contribution < -0.4 is 15.4 Å². The van der Waals surface area contributed by atoms with Crippen LogP contribution in [0.1, 0.15) is 18.1 Å². The van der Waals surface area contributed by atoms with Gasteiger partial charge in [0, 0.05) is 12.6 Å². The van der Waals surface area contributed by atoms with Crippen molar-refractivity contribution in [2.75, 3.05) is 17.2 Å². The molecule has 0 bridgehead atoms. The highest BCUT2D eigenvalue weighted by Crippen LogP contribution is 2.23. The Kier molecular flexibility index (Phi) is 5.36. The van der Waals surface area contributed by atoms with Crippen LogP contribution in [0, 0.1) is 13.8 Å². The molecule has 23 heavy (non-hydrogen) atoms. The fourth-order valence-electron chi connectivity index (χ4n) is 2.27. The summed E-state index contributed by atoms with van der Waals surface area (Å²) in [5.74, 6) is 0.00615. The van der Waals surface area contributed by atoms with E-state index in [9.17, 15) is 9.59 Å². The van der Waals surface area contributed by atoms with Gasteiger partial charge in [0.25, 0.3) is 5.91 Å². The van der Waals surface area contributed by atoms with E-state index in [0.29, 0.717) is 11.4 Å². The molecule has 0 heterocycles. The standard InChI is InChI=1S/C18H20N2O3/c1-12-8-13(2)10-15(9-12)20-18(22)11-23-17-7-5-4-6-16(17)19-14(3)21/h4-10H,11H2,1-3H3,(H,19,21)(H,20,22). The van der Waals surface area contributed by atoms with Crippen molar-refractivity contribution in [1.82, 2.24) is 0 Å². The maximum absolute atomic E-state index is 12.0. The number of para-hydroxylation sites is 2. The minimum atomic E-state index is -0.257. The number of nitrogens with one attached hydrogen (secondary N) is 2. The summed E-state index contributed by atoms with van der Waals surface area (Å²) in [6.07, 6.45) is 0. The van der Waals surface area contributed by atoms with Gasteiger partial charge in [-0.05, 0) is 49.2 Å². The second kappa shape index (κ2) is 7.45. The Bertz CT molecular complexity index is 706. The normalized spacial score (nSPS) is 10.0. The van der Waals surface area contributed by atoms with Crippen LogP contribution in [0.15, 0.2) is 42.5 Å². The SMILES string of the molecule is CC(=O)Nc1ccccc1OCC(=O)Nc1cc(C)cc(C)c1. The van der Waals surface area contributed by atoms with Crippen LogP contribution >= 0.6 is 0 Å². The summed E-state index contributed by atoms with van der Waals surface area (Å²) in [7, 11) is 0. The van der Waals surface area contributed by atoms with E-state index in [1.54, 1.807) is 24.3 Å². The van der Waals surface area contributed by atoms with E-state index in [1.807, 2.05) is 32.0 Å². The Balaban J connectivity index is 1.98.